The van der Waals surface area contributed by atoms with Gasteiger partial charge in [-0.1, -0.05) is 83.1 Å². The predicted molar refractivity (Wildman–Crippen MR) is 207 cm³/mol. The fourth-order valence-electron chi connectivity index (χ4n) is 5.96. The molecular formula is C40H62O25. The van der Waals surface area contributed by atoms with Gasteiger partial charge < -0.3 is 68.9 Å². The van der Waals surface area contributed by atoms with Crippen molar-refractivity contribution in [2.24, 2.45) is 35.5 Å². The average Bonchev–Trinajstić information content (AvgIpc) is 3.44. The van der Waals surface area contributed by atoms with Crippen LogP contribution in [0.2, 0.25) is 0 Å². The van der Waals surface area contributed by atoms with E-state index in [1.807, 2.05) is 0 Å². The summed E-state index contributed by atoms with van der Waals surface area (Å²) in [6.07, 6.45) is -7.02. The van der Waals surface area contributed by atoms with Gasteiger partial charge in [-0.25, -0.2) is 4.79 Å². The van der Waals surface area contributed by atoms with E-state index in [0.717, 1.165) is 83.1 Å². The Balaban J connectivity index is 3.90. The SMILES string of the molecule is CC(=O)[C@@]1(OC2(CO)O[C@H](CO)[C@@H](O)[C@@H]2O)O[C@](OC(=O)C(C)C)(C(O)(OC(=O)C(C)C)OC(=O)C(C)C)[C@](OOC(=O)C(C)C)(OC(=O)C(C)C)[C@@](O)(OC(=O)C(C)C)[C@]1(O)C(C)=O. The van der Waals surface area contributed by atoms with Crippen LogP contribution >= 0.6 is 0 Å². The van der Waals surface area contributed by atoms with Crippen LogP contribution in [0.1, 0.15) is 96.9 Å². The van der Waals surface area contributed by atoms with E-state index in [1.165, 1.54) is 0 Å². The zero-order valence-corrected chi connectivity index (χ0v) is 38.6. The summed E-state index contributed by atoms with van der Waals surface area (Å²) in [7, 11) is 0. The standard InChI is InChI=1S/C40H62O25/c1-17(2)28(47)57-37(54)35(53,23(13)43)36(24(14)44,63-34(16-42)27(46)26(45)25(15-41)56-34)64-39(59-30(49)19(5)6,40(55,60-31(50)20(7)8)61-32(51)21(9)10)38(37,58-29(48)18(3)4)65-62-33(52)22(11)12/h17-22,25-27,41-42,45-46,53-55H,15-16H2,1-14H3/t25-,26-,27+,34?,35+,36-,37+,38+,39+/m1/s1. The fourth-order valence-corrected chi connectivity index (χ4v) is 5.96. The van der Waals surface area contributed by atoms with Crippen molar-refractivity contribution in [3.05, 3.63) is 0 Å². The smallest absolute Gasteiger partial charge is 0.421 e. The quantitative estimate of drug-likeness (QED) is 0.0235. The van der Waals surface area contributed by atoms with Gasteiger partial charge in [-0.05, 0) is 6.92 Å². The number of rotatable bonds is 20. The van der Waals surface area contributed by atoms with Crippen molar-refractivity contribution in [3.63, 3.8) is 0 Å². The van der Waals surface area contributed by atoms with Crippen LogP contribution in [-0.2, 0) is 86.0 Å². The van der Waals surface area contributed by atoms with Gasteiger partial charge in [0, 0.05) is 6.92 Å². The molecule has 25 nitrogen and oxygen atoms in total. The summed E-state index contributed by atoms with van der Waals surface area (Å²) in [6.45, 7) is 10.8. The number of esters is 5. The molecule has 0 bridgehead atoms. The topological polar surface area (TPSA) is 370 Å². The van der Waals surface area contributed by atoms with Gasteiger partial charge in [0.1, 0.15) is 24.9 Å². The maximum absolute atomic E-state index is 14.7. The molecule has 0 amide bonds. The lowest BCUT2D eigenvalue weighted by Crippen LogP contribution is -2.96. The van der Waals surface area contributed by atoms with Gasteiger partial charge in [-0.15, -0.1) is 4.89 Å². The summed E-state index contributed by atoms with van der Waals surface area (Å²) in [5.41, 5.74) is -4.82. The fraction of sp³-hybridized carbons (Fsp3) is 0.800. The molecule has 65 heavy (non-hydrogen) atoms. The molecular weight excluding hydrogens is 880 g/mol. The molecule has 9 atom stereocenters. The Morgan fingerprint density at radius 2 is 1.03 bits per heavy atom. The molecule has 0 spiro atoms. The Kier molecular flexibility index (Phi) is 17.8. The molecule has 0 aromatic carbocycles. The third kappa shape index (κ3) is 9.63. The minimum Gasteiger partial charge on any atom is -0.421 e. The highest BCUT2D eigenvalue weighted by molar-refractivity contribution is 5.98. The Morgan fingerprint density at radius 3 is 1.38 bits per heavy atom. The van der Waals surface area contributed by atoms with E-state index in [4.69, 9.17) is 47.7 Å². The molecule has 372 valence electrons. The maximum Gasteiger partial charge on any atom is 0.451 e. The van der Waals surface area contributed by atoms with Crippen molar-refractivity contribution in [1.29, 1.82) is 0 Å². The van der Waals surface area contributed by atoms with Crippen molar-refractivity contribution in [2.75, 3.05) is 13.2 Å². The lowest BCUT2D eigenvalue weighted by Gasteiger charge is -2.64. The van der Waals surface area contributed by atoms with Gasteiger partial charge in [0.2, 0.25) is 5.79 Å². The van der Waals surface area contributed by atoms with Crippen LogP contribution < -0.4 is 0 Å². The van der Waals surface area contributed by atoms with Gasteiger partial charge in [-0.2, -0.15) is 0 Å². The molecule has 1 unspecified atom stereocenters. The van der Waals surface area contributed by atoms with Crippen LogP contribution in [0.5, 0.6) is 0 Å². The number of aliphatic hydroxyl groups is 7. The Bertz CT molecular complexity index is 1800. The highest BCUT2D eigenvalue weighted by Gasteiger charge is 3.00. The first kappa shape index (κ1) is 56.8. The van der Waals surface area contributed by atoms with Gasteiger partial charge in [-0.3, -0.25) is 43.2 Å². The van der Waals surface area contributed by atoms with E-state index in [0.29, 0.717) is 13.8 Å². The van der Waals surface area contributed by atoms with Crippen molar-refractivity contribution in [3.8, 4) is 0 Å². The number of hydrogen-bond donors (Lipinski definition) is 7. The molecule has 0 radical (unpaired) electrons. The Morgan fingerprint density at radius 1 is 0.615 bits per heavy atom. The summed E-state index contributed by atoms with van der Waals surface area (Å²) in [4.78, 5) is 123. The number of aliphatic hydroxyl groups excluding tert-OH is 4. The highest BCUT2D eigenvalue weighted by atomic mass is 17.3. The van der Waals surface area contributed by atoms with E-state index in [-0.39, 0.29) is 0 Å². The molecule has 0 aliphatic carbocycles. The first-order chi connectivity index (χ1) is 29.6. The molecule has 7 N–H and O–H groups in total. The number of carbonyl (C=O) groups excluding carboxylic acids is 8. The van der Waals surface area contributed by atoms with Crippen LogP contribution in [0.4, 0.5) is 0 Å². The summed E-state index contributed by atoms with van der Waals surface area (Å²) in [5, 5.41) is 83.0. The van der Waals surface area contributed by atoms with E-state index < -0.39 is 155 Å². The Hall–Kier alpha value is -4.28. The second kappa shape index (κ2) is 20.3. The highest BCUT2D eigenvalue weighted by Crippen LogP contribution is 2.63. The van der Waals surface area contributed by atoms with E-state index in [2.05, 4.69) is 0 Å². The maximum atomic E-state index is 14.7. The third-order valence-electron chi connectivity index (χ3n) is 10.0. The minimum atomic E-state index is -5.10. The zero-order valence-electron chi connectivity index (χ0n) is 38.6. The number of Topliss-reactive ketones (excluding diaryl/α,β-unsaturated/α-hetero) is 2. The molecule has 25 heteroatoms. The van der Waals surface area contributed by atoms with Crippen LogP contribution in [0, 0.1) is 35.5 Å². The molecule has 0 aromatic rings. The molecule has 2 saturated heterocycles. The van der Waals surface area contributed by atoms with E-state index in [9.17, 15) is 74.1 Å². The molecule has 2 aliphatic heterocycles. The van der Waals surface area contributed by atoms with Crippen LogP contribution in [0.15, 0.2) is 0 Å². The molecule has 2 heterocycles. The number of hydrogen-bond acceptors (Lipinski definition) is 25. The number of ketones is 2. The van der Waals surface area contributed by atoms with Gasteiger partial charge in [0.25, 0.3) is 11.4 Å². The van der Waals surface area contributed by atoms with Gasteiger partial charge in [0.05, 0.1) is 42.1 Å². The summed E-state index contributed by atoms with van der Waals surface area (Å²) >= 11 is 0. The average molecular weight is 943 g/mol. The monoisotopic (exact) mass is 942 g/mol. The molecule has 2 aliphatic rings. The minimum absolute atomic E-state index is 0.313. The van der Waals surface area contributed by atoms with Crippen molar-refractivity contribution >= 4 is 47.4 Å². The number of ether oxygens (including phenoxy) is 8. The second-order valence-corrected chi connectivity index (χ2v) is 17.4. The molecule has 2 rings (SSSR count). The van der Waals surface area contributed by atoms with Crippen LogP contribution in [-0.4, -0.2) is 155 Å². The largest absolute Gasteiger partial charge is 0.451 e. The lowest BCUT2D eigenvalue weighted by molar-refractivity contribution is -0.642. The van der Waals surface area contributed by atoms with Crippen molar-refractivity contribution < 1.29 is 122 Å². The lowest BCUT2D eigenvalue weighted by atomic mass is 9.68. The molecule has 2 fully saturated rings. The number of carbonyl (C=O) groups is 8. The van der Waals surface area contributed by atoms with Gasteiger partial charge >= 0.3 is 59.2 Å². The van der Waals surface area contributed by atoms with E-state index in [1.54, 1.807) is 0 Å². The first-order valence-corrected chi connectivity index (χ1v) is 20.5. The summed E-state index contributed by atoms with van der Waals surface area (Å²) in [5.74, 6) is -51.6. The second-order valence-electron chi connectivity index (χ2n) is 17.4. The zero-order chi connectivity index (χ0) is 50.8. The van der Waals surface area contributed by atoms with Gasteiger partial charge in [0.15, 0.2) is 11.6 Å². The summed E-state index contributed by atoms with van der Waals surface area (Å²) in [6, 6.07) is 0. The van der Waals surface area contributed by atoms with Crippen LogP contribution in [0.3, 0.4) is 0 Å². The first-order valence-electron chi connectivity index (χ1n) is 20.5. The van der Waals surface area contributed by atoms with E-state index >= 15 is 0 Å². The Labute approximate surface area is 373 Å². The molecule has 0 aromatic heterocycles. The predicted octanol–water partition coefficient (Wildman–Crippen LogP) is -1.71. The molecule has 0 saturated carbocycles. The summed E-state index contributed by atoms with van der Waals surface area (Å²) < 4.78 is 44.6. The normalized spacial score (nSPS) is 31.6. The van der Waals surface area contributed by atoms with Crippen molar-refractivity contribution in [1.82, 2.24) is 0 Å². The van der Waals surface area contributed by atoms with Crippen molar-refractivity contribution in [2.45, 2.75) is 156 Å². The third-order valence-corrected chi connectivity index (χ3v) is 10.0. The van der Waals surface area contributed by atoms with Crippen LogP contribution in [0.25, 0.3) is 0 Å².